The average Bonchev–Trinajstić information content (AvgIpc) is 2.17. The summed E-state index contributed by atoms with van der Waals surface area (Å²) in [6, 6.07) is 3.07. The van der Waals surface area contributed by atoms with Gasteiger partial charge in [0.05, 0.1) is 0 Å². The van der Waals surface area contributed by atoms with Crippen LogP contribution in [0.25, 0.3) is 0 Å². The standard InChI is InChI=1S/C13H18FNO2SSi/c1-10-12(5-6-19(2,3)4)7-11(8-13(10)15)9-18(14,16)17/h7-8H,9,15H2,1-4H3. The fraction of sp³-hybridized carbons (Fsp3) is 0.385. The van der Waals surface area contributed by atoms with Crippen LogP contribution in [0, 0.1) is 18.4 Å². The molecule has 0 saturated carbocycles. The van der Waals surface area contributed by atoms with E-state index in [9.17, 15) is 12.3 Å². The number of halogens is 1. The molecule has 0 radical (unpaired) electrons. The molecule has 0 aliphatic rings. The smallest absolute Gasteiger partial charge is 0.306 e. The molecule has 1 aromatic rings. The third-order valence-corrected chi connectivity index (χ3v) is 3.97. The van der Waals surface area contributed by atoms with Gasteiger partial charge >= 0.3 is 10.2 Å². The van der Waals surface area contributed by atoms with E-state index in [0.717, 1.165) is 5.56 Å². The highest BCUT2D eigenvalue weighted by atomic mass is 32.3. The summed E-state index contributed by atoms with van der Waals surface area (Å²) in [5.74, 6) is 2.37. The normalized spacial score (nSPS) is 11.8. The topological polar surface area (TPSA) is 60.2 Å². The molecule has 0 unspecified atom stereocenters. The van der Waals surface area contributed by atoms with Crippen LogP contribution in [-0.4, -0.2) is 16.5 Å². The highest BCUT2D eigenvalue weighted by molar-refractivity contribution is 7.85. The summed E-state index contributed by atoms with van der Waals surface area (Å²) in [5.41, 5.74) is 11.2. The van der Waals surface area contributed by atoms with Crippen LogP contribution in [0.4, 0.5) is 9.57 Å². The van der Waals surface area contributed by atoms with Crippen molar-refractivity contribution in [3.05, 3.63) is 28.8 Å². The second-order valence-corrected chi connectivity index (χ2v) is 11.7. The molecule has 0 spiro atoms. The van der Waals surface area contributed by atoms with Crippen molar-refractivity contribution in [1.82, 2.24) is 0 Å². The summed E-state index contributed by atoms with van der Waals surface area (Å²) in [5, 5.41) is 0. The second kappa shape index (κ2) is 5.35. The number of hydrogen-bond donors (Lipinski definition) is 1. The van der Waals surface area contributed by atoms with Crippen molar-refractivity contribution in [2.45, 2.75) is 32.3 Å². The minimum absolute atomic E-state index is 0.325. The third-order valence-electron chi connectivity index (χ3n) is 2.42. The fourth-order valence-corrected chi connectivity index (χ4v) is 2.54. The van der Waals surface area contributed by atoms with Crippen molar-refractivity contribution in [2.75, 3.05) is 5.73 Å². The van der Waals surface area contributed by atoms with E-state index in [-0.39, 0.29) is 0 Å². The van der Waals surface area contributed by atoms with Gasteiger partial charge in [0.2, 0.25) is 0 Å². The van der Waals surface area contributed by atoms with Gasteiger partial charge in [-0.3, -0.25) is 0 Å². The predicted octanol–water partition coefficient (Wildman–Crippen LogP) is 2.61. The Morgan fingerprint density at radius 1 is 1.32 bits per heavy atom. The maximum Gasteiger partial charge on any atom is 0.306 e. The van der Waals surface area contributed by atoms with E-state index in [2.05, 4.69) is 31.1 Å². The van der Waals surface area contributed by atoms with Crippen molar-refractivity contribution >= 4 is 24.0 Å². The molecule has 1 rings (SSSR count). The first-order valence-electron chi connectivity index (χ1n) is 5.82. The number of benzene rings is 1. The van der Waals surface area contributed by atoms with Gasteiger partial charge in [-0.2, -0.15) is 8.42 Å². The molecule has 2 N–H and O–H groups in total. The van der Waals surface area contributed by atoms with Crippen molar-refractivity contribution in [1.29, 1.82) is 0 Å². The molecule has 0 atom stereocenters. The van der Waals surface area contributed by atoms with E-state index in [1.54, 1.807) is 6.07 Å². The molecule has 19 heavy (non-hydrogen) atoms. The van der Waals surface area contributed by atoms with Gasteiger partial charge in [-0.25, -0.2) is 0 Å². The predicted molar refractivity (Wildman–Crippen MR) is 79.5 cm³/mol. The van der Waals surface area contributed by atoms with Crippen LogP contribution in [-0.2, 0) is 16.0 Å². The van der Waals surface area contributed by atoms with Crippen LogP contribution >= 0.6 is 0 Å². The van der Waals surface area contributed by atoms with Gasteiger partial charge in [0.15, 0.2) is 0 Å². The van der Waals surface area contributed by atoms with Gasteiger partial charge < -0.3 is 5.73 Å². The zero-order valence-corrected chi connectivity index (χ0v) is 13.4. The maximum atomic E-state index is 12.7. The van der Waals surface area contributed by atoms with Crippen molar-refractivity contribution in [2.24, 2.45) is 0 Å². The molecule has 104 valence electrons. The Morgan fingerprint density at radius 2 is 1.89 bits per heavy atom. The Kier molecular flexibility index (Phi) is 4.43. The Hall–Kier alpha value is -1.32. The highest BCUT2D eigenvalue weighted by Crippen LogP contribution is 2.20. The molecule has 0 fully saturated rings. The third kappa shape index (κ3) is 5.45. The monoisotopic (exact) mass is 299 g/mol. The van der Waals surface area contributed by atoms with Gasteiger partial charge in [0, 0.05) is 11.3 Å². The van der Waals surface area contributed by atoms with Crippen LogP contribution in [0.3, 0.4) is 0 Å². The summed E-state index contributed by atoms with van der Waals surface area (Å²) in [6.07, 6.45) is 0. The highest BCUT2D eigenvalue weighted by Gasteiger charge is 2.12. The summed E-state index contributed by atoms with van der Waals surface area (Å²) in [6.45, 7) is 8.13. The Labute approximate surface area is 115 Å². The molecule has 0 aliphatic carbocycles. The zero-order valence-electron chi connectivity index (χ0n) is 11.5. The quantitative estimate of drug-likeness (QED) is 0.395. The second-order valence-electron chi connectivity index (χ2n) is 5.54. The largest absolute Gasteiger partial charge is 0.398 e. The number of anilines is 1. The lowest BCUT2D eigenvalue weighted by molar-refractivity contribution is 0.551. The van der Waals surface area contributed by atoms with E-state index >= 15 is 0 Å². The van der Waals surface area contributed by atoms with Crippen molar-refractivity contribution < 1.29 is 12.3 Å². The molecule has 0 amide bonds. The lowest BCUT2D eigenvalue weighted by atomic mass is 10.0. The number of nitrogens with two attached hydrogens (primary N) is 1. The zero-order chi connectivity index (χ0) is 14.8. The Balaban J connectivity index is 3.28. The first-order chi connectivity index (χ1) is 8.48. The summed E-state index contributed by atoms with van der Waals surface area (Å²) in [4.78, 5) is 0. The molecular weight excluding hydrogens is 281 g/mol. The summed E-state index contributed by atoms with van der Waals surface area (Å²) >= 11 is 0. The number of rotatable bonds is 2. The van der Waals surface area contributed by atoms with Gasteiger partial charge in [0.25, 0.3) is 0 Å². The van der Waals surface area contributed by atoms with E-state index in [4.69, 9.17) is 5.73 Å². The fourth-order valence-electron chi connectivity index (χ4n) is 1.47. The van der Waals surface area contributed by atoms with Crippen LogP contribution in [0.1, 0.15) is 16.7 Å². The van der Waals surface area contributed by atoms with Crippen LogP contribution in [0.5, 0.6) is 0 Å². The average molecular weight is 299 g/mol. The molecular formula is C13H18FNO2SSi. The Morgan fingerprint density at radius 3 is 2.37 bits per heavy atom. The minimum Gasteiger partial charge on any atom is -0.398 e. The molecule has 0 aromatic heterocycles. The minimum atomic E-state index is -4.56. The van der Waals surface area contributed by atoms with Gasteiger partial charge in [-0.05, 0) is 30.2 Å². The molecule has 0 heterocycles. The molecule has 3 nitrogen and oxygen atoms in total. The number of hydrogen-bond acceptors (Lipinski definition) is 3. The van der Waals surface area contributed by atoms with E-state index in [1.807, 2.05) is 6.92 Å². The molecule has 0 saturated heterocycles. The first-order valence-corrected chi connectivity index (χ1v) is 10.9. The van der Waals surface area contributed by atoms with E-state index in [0.29, 0.717) is 16.8 Å². The van der Waals surface area contributed by atoms with Crippen LogP contribution in [0.15, 0.2) is 12.1 Å². The van der Waals surface area contributed by atoms with E-state index in [1.165, 1.54) is 6.07 Å². The van der Waals surface area contributed by atoms with Crippen LogP contribution < -0.4 is 5.73 Å². The molecule has 6 heteroatoms. The molecule has 1 aromatic carbocycles. The van der Waals surface area contributed by atoms with Gasteiger partial charge in [-0.1, -0.05) is 25.6 Å². The molecule has 0 aliphatic heterocycles. The molecule has 0 bridgehead atoms. The SMILES string of the molecule is Cc1c(N)cc(CS(=O)(=O)F)cc1C#C[Si](C)(C)C. The lowest BCUT2D eigenvalue weighted by Crippen LogP contribution is -2.16. The first kappa shape index (κ1) is 15.7. The summed E-state index contributed by atoms with van der Waals surface area (Å²) < 4.78 is 34.1. The maximum absolute atomic E-state index is 12.7. The van der Waals surface area contributed by atoms with Gasteiger partial charge in [0.1, 0.15) is 13.8 Å². The van der Waals surface area contributed by atoms with Crippen molar-refractivity contribution in [3.63, 3.8) is 0 Å². The lowest BCUT2D eigenvalue weighted by Gasteiger charge is -2.08. The van der Waals surface area contributed by atoms with E-state index < -0.39 is 24.0 Å². The number of nitrogen functional groups attached to an aromatic ring is 1. The van der Waals surface area contributed by atoms with Gasteiger partial charge in [-0.15, -0.1) is 9.43 Å². The summed E-state index contributed by atoms with van der Waals surface area (Å²) in [7, 11) is -6.10. The van der Waals surface area contributed by atoms with Crippen LogP contribution in [0.2, 0.25) is 19.6 Å². The Bertz CT molecular complexity index is 652. The van der Waals surface area contributed by atoms with Crippen molar-refractivity contribution in [3.8, 4) is 11.5 Å².